The average Bonchev–Trinajstić information content (AvgIpc) is 2.99. The van der Waals surface area contributed by atoms with Crippen molar-refractivity contribution in [1.82, 2.24) is 0 Å². The van der Waals surface area contributed by atoms with Crippen LogP contribution in [-0.2, 0) is 20.3 Å². The first-order chi connectivity index (χ1) is 20.7. The first kappa shape index (κ1) is 32.0. The molecule has 0 unspecified atom stereocenters. The molecule has 0 aliphatic heterocycles. The fraction of sp³-hybridized carbons (Fsp3) is 0.270. The maximum Gasteiger partial charge on any atom is 0.519 e. The number of carbonyl (C=O) groups excluding carboxylic acids is 3. The molecule has 4 aromatic rings. The van der Waals surface area contributed by atoms with Crippen LogP contribution in [0, 0.1) is 0 Å². The number of carbonyl (C=O) groups is 3. The summed E-state index contributed by atoms with van der Waals surface area (Å²) in [6, 6.07) is 24.9. The molecule has 228 valence electrons. The molecular weight excluding hydrogens is 556 g/mol. The van der Waals surface area contributed by atoms with Crippen LogP contribution in [0.5, 0.6) is 11.5 Å². The number of hydrogen-bond donors (Lipinski definition) is 0. The van der Waals surface area contributed by atoms with E-state index >= 15 is 0 Å². The minimum absolute atomic E-state index is 0.210. The van der Waals surface area contributed by atoms with Crippen molar-refractivity contribution in [2.75, 3.05) is 14.2 Å². The largest absolute Gasteiger partial charge is 0.519 e. The van der Waals surface area contributed by atoms with Crippen LogP contribution >= 0.6 is 0 Å². The highest BCUT2D eigenvalue weighted by atomic mass is 16.7. The SMILES string of the molecule is COC(=O)c1ccccc1-c1cc(C(C)(C)C)ccc1OC(=O)Oc1ccc(C(C)(C)C)cc1-c1ccccc1C(=O)OC. The fourth-order valence-corrected chi connectivity index (χ4v) is 4.80. The minimum atomic E-state index is -0.981. The molecule has 0 saturated heterocycles. The molecule has 0 aliphatic rings. The highest BCUT2D eigenvalue weighted by Gasteiger charge is 2.25. The highest BCUT2D eigenvalue weighted by molar-refractivity contribution is 5.99. The van der Waals surface area contributed by atoms with Crippen molar-refractivity contribution < 1.29 is 33.3 Å². The van der Waals surface area contributed by atoms with Crippen molar-refractivity contribution in [3.8, 4) is 33.8 Å². The first-order valence-electron chi connectivity index (χ1n) is 14.3. The van der Waals surface area contributed by atoms with E-state index < -0.39 is 18.1 Å². The Labute approximate surface area is 258 Å². The molecule has 0 amide bonds. The van der Waals surface area contributed by atoms with Gasteiger partial charge in [-0.2, -0.15) is 0 Å². The smallest absolute Gasteiger partial charge is 0.465 e. The summed E-state index contributed by atoms with van der Waals surface area (Å²) in [5.74, 6) is -0.601. The van der Waals surface area contributed by atoms with Crippen molar-refractivity contribution in [1.29, 1.82) is 0 Å². The normalized spacial score (nSPS) is 11.5. The quantitative estimate of drug-likeness (QED) is 0.163. The number of methoxy groups -OCH3 is 2. The zero-order valence-corrected chi connectivity index (χ0v) is 26.4. The number of esters is 2. The maximum absolute atomic E-state index is 13.4. The summed E-state index contributed by atoms with van der Waals surface area (Å²) in [6.45, 7) is 12.4. The second kappa shape index (κ2) is 12.8. The number of benzene rings is 4. The molecule has 0 heterocycles. The topological polar surface area (TPSA) is 88.1 Å². The second-order valence-electron chi connectivity index (χ2n) is 12.5. The standard InChI is InChI=1S/C37H38O7/c1-36(2,3)23-17-19-31(29(21-23)25-13-9-11-15-27(25)33(38)41-7)43-35(40)44-32-20-18-24(37(4,5)6)22-30(32)26-14-10-12-16-28(26)34(39)42-8/h9-22H,1-8H3. The van der Waals surface area contributed by atoms with E-state index in [1.54, 1.807) is 60.7 Å². The molecular formula is C37H38O7. The van der Waals surface area contributed by atoms with Crippen molar-refractivity contribution in [3.63, 3.8) is 0 Å². The maximum atomic E-state index is 13.4. The number of rotatable bonds is 6. The lowest BCUT2D eigenvalue weighted by atomic mass is 9.84. The Morgan fingerprint density at radius 2 is 0.864 bits per heavy atom. The van der Waals surface area contributed by atoms with E-state index in [2.05, 4.69) is 41.5 Å². The van der Waals surface area contributed by atoms with Gasteiger partial charge in [-0.05, 0) is 69.5 Å². The number of ether oxygens (including phenoxy) is 4. The summed E-state index contributed by atoms with van der Waals surface area (Å²) in [4.78, 5) is 38.7. The molecule has 44 heavy (non-hydrogen) atoms. The van der Waals surface area contributed by atoms with Gasteiger partial charge in [0.2, 0.25) is 0 Å². The predicted octanol–water partition coefficient (Wildman–Crippen LogP) is 8.77. The van der Waals surface area contributed by atoms with Gasteiger partial charge in [-0.3, -0.25) is 0 Å². The zero-order chi connectivity index (χ0) is 32.2. The molecule has 0 radical (unpaired) electrons. The van der Waals surface area contributed by atoms with E-state index in [9.17, 15) is 14.4 Å². The van der Waals surface area contributed by atoms with Gasteiger partial charge in [-0.1, -0.05) is 90.1 Å². The van der Waals surface area contributed by atoms with Crippen molar-refractivity contribution in [2.24, 2.45) is 0 Å². The Morgan fingerprint density at radius 3 is 1.20 bits per heavy atom. The van der Waals surface area contributed by atoms with Gasteiger partial charge in [-0.25, -0.2) is 14.4 Å². The van der Waals surface area contributed by atoms with Crippen LogP contribution in [0.15, 0.2) is 84.9 Å². The lowest BCUT2D eigenvalue weighted by Gasteiger charge is -2.23. The molecule has 7 nitrogen and oxygen atoms in total. The second-order valence-corrected chi connectivity index (χ2v) is 12.5. The van der Waals surface area contributed by atoms with Gasteiger partial charge in [-0.15, -0.1) is 0 Å². The van der Waals surface area contributed by atoms with E-state index in [1.807, 2.05) is 24.3 Å². The molecule has 4 rings (SSSR count). The van der Waals surface area contributed by atoms with Crippen molar-refractivity contribution >= 4 is 18.1 Å². The molecule has 0 aliphatic carbocycles. The summed E-state index contributed by atoms with van der Waals surface area (Å²) in [5.41, 5.74) is 4.36. The van der Waals surface area contributed by atoms with E-state index in [4.69, 9.17) is 18.9 Å². The van der Waals surface area contributed by atoms with E-state index in [1.165, 1.54) is 14.2 Å². The van der Waals surface area contributed by atoms with Crippen molar-refractivity contribution in [3.05, 3.63) is 107 Å². The third kappa shape index (κ3) is 7.00. The number of hydrogen-bond acceptors (Lipinski definition) is 7. The first-order valence-corrected chi connectivity index (χ1v) is 14.3. The van der Waals surface area contributed by atoms with E-state index in [-0.39, 0.29) is 22.3 Å². The molecule has 0 spiro atoms. The van der Waals surface area contributed by atoms with Gasteiger partial charge in [0.25, 0.3) is 0 Å². The van der Waals surface area contributed by atoms with Gasteiger partial charge >= 0.3 is 18.1 Å². The Hall–Kier alpha value is -4.91. The van der Waals surface area contributed by atoms with Crippen LogP contribution in [0.1, 0.15) is 73.4 Å². The third-order valence-corrected chi connectivity index (χ3v) is 7.32. The van der Waals surface area contributed by atoms with Gasteiger partial charge in [0.15, 0.2) is 0 Å². The van der Waals surface area contributed by atoms with E-state index in [0.29, 0.717) is 33.4 Å². The monoisotopic (exact) mass is 594 g/mol. The molecule has 7 heteroatoms. The summed E-state index contributed by atoms with van der Waals surface area (Å²) < 4.78 is 21.7. The molecule has 0 aromatic heterocycles. The molecule has 0 bridgehead atoms. The molecule has 0 atom stereocenters. The van der Waals surface area contributed by atoms with Crippen LogP contribution in [0.3, 0.4) is 0 Å². The molecule has 0 saturated carbocycles. The molecule has 0 N–H and O–H groups in total. The van der Waals surface area contributed by atoms with Crippen molar-refractivity contribution in [2.45, 2.75) is 52.4 Å². The van der Waals surface area contributed by atoms with Gasteiger partial charge in [0.1, 0.15) is 11.5 Å². The third-order valence-electron chi connectivity index (χ3n) is 7.32. The Bertz CT molecular complexity index is 1580. The summed E-state index contributed by atoms with van der Waals surface area (Å²) >= 11 is 0. The summed E-state index contributed by atoms with van der Waals surface area (Å²) in [5, 5.41) is 0. The summed E-state index contributed by atoms with van der Waals surface area (Å²) in [6.07, 6.45) is -0.981. The Kier molecular flexibility index (Phi) is 9.28. The Morgan fingerprint density at radius 1 is 0.500 bits per heavy atom. The highest BCUT2D eigenvalue weighted by Crippen LogP contribution is 2.39. The zero-order valence-electron chi connectivity index (χ0n) is 26.4. The lowest BCUT2D eigenvalue weighted by molar-refractivity contribution is 0.0592. The van der Waals surface area contributed by atoms with Gasteiger partial charge in [0, 0.05) is 11.1 Å². The van der Waals surface area contributed by atoms with Gasteiger partial charge < -0.3 is 18.9 Å². The predicted molar refractivity (Wildman–Crippen MR) is 170 cm³/mol. The Balaban J connectivity index is 1.79. The van der Waals surface area contributed by atoms with Crippen LogP contribution in [-0.4, -0.2) is 32.3 Å². The average molecular weight is 595 g/mol. The minimum Gasteiger partial charge on any atom is -0.465 e. The van der Waals surface area contributed by atoms with E-state index in [0.717, 1.165) is 11.1 Å². The fourth-order valence-electron chi connectivity index (χ4n) is 4.80. The molecule has 0 fully saturated rings. The van der Waals surface area contributed by atoms with Gasteiger partial charge in [0.05, 0.1) is 25.3 Å². The van der Waals surface area contributed by atoms with Crippen LogP contribution in [0.4, 0.5) is 4.79 Å². The van der Waals surface area contributed by atoms with Crippen LogP contribution in [0.25, 0.3) is 22.3 Å². The molecule has 4 aromatic carbocycles. The van der Waals surface area contributed by atoms with Crippen LogP contribution in [0.2, 0.25) is 0 Å². The lowest BCUT2D eigenvalue weighted by Crippen LogP contribution is -2.17. The summed E-state index contributed by atoms with van der Waals surface area (Å²) in [7, 11) is 2.64. The van der Waals surface area contributed by atoms with Crippen LogP contribution < -0.4 is 9.47 Å².